The number of fused-ring (bicyclic) bond motifs is 2. The van der Waals surface area contributed by atoms with E-state index in [9.17, 15) is 0 Å². The fourth-order valence-corrected chi connectivity index (χ4v) is 2.69. The van der Waals surface area contributed by atoms with Crippen LogP contribution in [0, 0.1) is 0 Å². The first kappa shape index (κ1) is 15.2. The van der Waals surface area contributed by atoms with Crippen molar-refractivity contribution in [3.05, 3.63) is 66.2 Å². The van der Waals surface area contributed by atoms with Crippen molar-refractivity contribution < 1.29 is 9.15 Å². The van der Waals surface area contributed by atoms with E-state index in [-0.39, 0.29) is 0 Å². The zero-order chi connectivity index (χ0) is 17.2. The number of nitrogens with zero attached hydrogens (tertiary/aromatic N) is 2. The molecular formula is C20H17N3O2. The van der Waals surface area contributed by atoms with Gasteiger partial charge in [0.15, 0.2) is 5.58 Å². The van der Waals surface area contributed by atoms with Crippen LogP contribution in [-0.4, -0.2) is 17.8 Å². The van der Waals surface area contributed by atoms with Crippen molar-refractivity contribution in [2.75, 3.05) is 12.5 Å². The van der Waals surface area contributed by atoms with Gasteiger partial charge < -0.3 is 9.15 Å². The smallest absolute Gasteiger partial charge is 0.316 e. The average molecular weight is 331 g/mol. The van der Waals surface area contributed by atoms with Crippen LogP contribution < -0.4 is 10.2 Å². The molecule has 4 rings (SSSR count). The van der Waals surface area contributed by atoms with Crippen LogP contribution in [0.2, 0.25) is 0 Å². The molecule has 0 saturated carbocycles. The van der Waals surface area contributed by atoms with E-state index in [1.54, 1.807) is 7.11 Å². The van der Waals surface area contributed by atoms with Crippen LogP contribution in [0.1, 0.15) is 12.5 Å². The highest BCUT2D eigenvalue weighted by Crippen LogP contribution is 2.22. The molecule has 5 heteroatoms. The highest BCUT2D eigenvalue weighted by Gasteiger charge is 2.05. The summed E-state index contributed by atoms with van der Waals surface area (Å²) < 4.78 is 10.9. The predicted molar refractivity (Wildman–Crippen MR) is 100 cm³/mol. The third kappa shape index (κ3) is 3.04. The Morgan fingerprint density at radius 3 is 2.68 bits per heavy atom. The molecule has 25 heavy (non-hydrogen) atoms. The number of hydrogen-bond acceptors (Lipinski definition) is 5. The minimum atomic E-state index is 0.381. The second-order valence-corrected chi connectivity index (χ2v) is 5.72. The van der Waals surface area contributed by atoms with Gasteiger partial charge in [0.05, 0.1) is 12.8 Å². The lowest BCUT2D eigenvalue weighted by molar-refractivity contribution is 0.415. The summed E-state index contributed by atoms with van der Waals surface area (Å²) in [4.78, 5) is 4.35. The maximum Gasteiger partial charge on any atom is 0.316 e. The predicted octanol–water partition coefficient (Wildman–Crippen LogP) is 4.83. The van der Waals surface area contributed by atoms with Gasteiger partial charge in [-0.3, -0.25) is 0 Å². The minimum Gasteiger partial charge on any atom is -0.497 e. The van der Waals surface area contributed by atoms with Crippen LogP contribution in [0.5, 0.6) is 5.75 Å². The van der Waals surface area contributed by atoms with Crippen molar-refractivity contribution in [3.8, 4) is 5.75 Å². The first-order chi connectivity index (χ1) is 12.2. The number of aromatic nitrogens is 1. The lowest BCUT2D eigenvalue weighted by atomic mass is 10.0. The van der Waals surface area contributed by atoms with Crippen molar-refractivity contribution in [1.29, 1.82) is 0 Å². The standard InChI is InChI=1S/C20H17N3O2/c1-13(22-23-20-21-18-5-3-4-6-19(18)25-20)14-7-8-16-12-17(24-2)10-9-15(16)11-14/h3-12H,1-2H3,(H,21,23)/b22-13-. The Kier molecular flexibility index (Phi) is 3.82. The first-order valence-corrected chi connectivity index (χ1v) is 7.97. The first-order valence-electron chi connectivity index (χ1n) is 7.97. The van der Waals surface area contributed by atoms with Crippen LogP contribution in [0.25, 0.3) is 21.9 Å². The summed E-state index contributed by atoms with van der Waals surface area (Å²) in [7, 11) is 1.67. The molecule has 3 aromatic carbocycles. The molecular weight excluding hydrogens is 314 g/mol. The van der Waals surface area contributed by atoms with Gasteiger partial charge in [-0.15, -0.1) is 0 Å². The number of ether oxygens (including phenoxy) is 1. The number of para-hydroxylation sites is 2. The van der Waals surface area contributed by atoms with E-state index in [4.69, 9.17) is 9.15 Å². The van der Waals surface area contributed by atoms with Gasteiger partial charge in [-0.25, -0.2) is 5.43 Å². The van der Waals surface area contributed by atoms with Crippen LogP contribution in [0.15, 0.2) is 70.2 Å². The Morgan fingerprint density at radius 2 is 1.84 bits per heavy atom. The maximum atomic E-state index is 5.61. The molecule has 0 unspecified atom stereocenters. The highest BCUT2D eigenvalue weighted by molar-refractivity contribution is 6.02. The molecule has 5 nitrogen and oxygen atoms in total. The Bertz CT molecular complexity index is 1050. The summed E-state index contributed by atoms with van der Waals surface area (Å²) in [6, 6.07) is 20.2. The quantitative estimate of drug-likeness (QED) is 0.430. The second kappa shape index (κ2) is 6.28. The number of nitrogens with one attached hydrogen (secondary N) is 1. The summed E-state index contributed by atoms with van der Waals surface area (Å²) in [5.74, 6) is 0.850. The van der Waals surface area contributed by atoms with Gasteiger partial charge in [0.25, 0.3) is 0 Å². The average Bonchev–Trinajstić information content (AvgIpc) is 3.08. The van der Waals surface area contributed by atoms with Crippen molar-refractivity contribution in [2.45, 2.75) is 6.92 Å². The Morgan fingerprint density at radius 1 is 1.04 bits per heavy atom. The van der Waals surface area contributed by atoms with E-state index in [0.717, 1.165) is 38.9 Å². The van der Waals surface area contributed by atoms with Gasteiger partial charge in [-0.05, 0) is 53.6 Å². The molecule has 4 aromatic rings. The van der Waals surface area contributed by atoms with Gasteiger partial charge in [0, 0.05) is 0 Å². The van der Waals surface area contributed by atoms with E-state index in [2.05, 4.69) is 27.6 Å². The van der Waals surface area contributed by atoms with Crippen molar-refractivity contribution in [3.63, 3.8) is 0 Å². The number of anilines is 1. The molecule has 0 fully saturated rings. The molecule has 124 valence electrons. The summed E-state index contributed by atoms with van der Waals surface area (Å²) in [6.07, 6.45) is 0. The molecule has 1 aromatic heterocycles. The van der Waals surface area contributed by atoms with Crippen LogP contribution in [0.3, 0.4) is 0 Å². The largest absolute Gasteiger partial charge is 0.497 e. The molecule has 0 aliphatic carbocycles. The van der Waals surface area contributed by atoms with Gasteiger partial charge in [-0.1, -0.05) is 30.3 Å². The second-order valence-electron chi connectivity index (χ2n) is 5.72. The molecule has 1 heterocycles. The SMILES string of the molecule is COc1ccc2cc(/C(C)=N\Nc3nc4ccccc4o3)ccc2c1. The van der Waals surface area contributed by atoms with E-state index in [1.165, 1.54) is 0 Å². The van der Waals surface area contributed by atoms with Crippen molar-refractivity contribution in [2.24, 2.45) is 5.10 Å². The fourth-order valence-electron chi connectivity index (χ4n) is 2.69. The van der Waals surface area contributed by atoms with Crippen molar-refractivity contribution in [1.82, 2.24) is 4.98 Å². The Hall–Kier alpha value is -3.34. The molecule has 1 N–H and O–H groups in total. The van der Waals surface area contributed by atoms with E-state index < -0.39 is 0 Å². The normalized spacial score (nSPS) is 11.8. The van der Waals surface area contributed by atoms with E-state index >= 15 is 0 Å². The summed E-state index contributed by atoms with van der Waals surface area (Å²) in [5.41, 5.74) is 6.30. The summed E-state index contributed by atoms with van der Waals surface area (Å²) in [5, 5.41) is 6.65. The molecule has 0 aliphatic heterocycles. The van der Waals surface area contributed by atoms with Gasteiger partial charge >= 0.3 is 6.01 Å². The molecule has 0 amide bonds. The van der Waals surface area contributed by atoms with Gasteiger partial charge in [0.2, 0.25) is 0 Å². The Balaban J connectivity index is 1.59. The fraction of sp³-hybridized carbons (Fsp3) is 0.100. The zero-order valence-corrected chi connectivity index (χ0v) is 14.0. The number of hydrogen-bond donors (Lipinski definition) is 1. The number of oxazole rings is 1. The summed E-state index contributed by atoms with van der Waals surface area (Å²) >= 11 is 0. The van der Waals surface area contributed by atoms with E-state index in [1.807, 2.05) is 55.5 Å². The van der Waals surface area contributed by atoms with Crippen LogP contribution >= 0.6 is 0 Å². The molecule has 0 atom stereocenters. The van der Waals surface area contributed by atoms with Crippen LogP contribution in [-0.2, 0) is 0 Å². The lowest BCUT2D eigenvalue weighted by Gasteiger charge is -2.05. The van der Waals surface area contributed by atoms with Gasteiger partial charge in [-0.2, -0.15) is 10.1 Å². The molecule has 0 spiro atoms. The third-order valence-corrected chi connectivity index (χ3v) is 4.08. The monoisotopic (exact) mass is 331 g/mol. The molecule has 0 saturated heterocycles. The number of hydrazone groups is 1. The highest BCUT2D eigenvalue weighted by atomic mass is 16.5. The van der Waals surface area contributed by atoms with Crippen molar-refractivity contribution >= 4 is 33.6 Å². The third-order valence-electron chi connectivity index (χ3n) is 4.08. The molecule has 0 aliphatic rings. The van der Waals surface area contributed by atoms with Crippen LogP contribution in [0.4, 0.5) is 6.01 Å². The topological polar surface area (TPSA) is 59.6 Å². The Labute approximate surface area is 144 Å². The van der Waals surface area contributed by atoms with E-state index in [0.29, 0.717) is 6.01 Å². The minimum absolute atomic E-state index is 0.381. The maximum absolute atomic E-state index is 5.61. The molecule has 0 radical (unpaired) electrons. The lowest BCUT2D eigenvalue weighted by Crippen LogP contribution is -1.99. The number of rotatable bonds is 4. The number of benzene rings is 3. The molecule has 0 bridgehead atoms. The summed E-state index contributed by atoms with van der Waals surface area (Å²) in [6.45, 7) is 1.94. The number of methoxy groups -OCH3 is 1. The zero-order valence-electron chi connectivity index (χ0n) is 14.0. The van der Waals surface area contributed by atoms with Gasteiger partial charge in [0.1, 0.15) is 11.3 Å².